The normalized spacial score (nSPS) is 26.6. The fourth-order valence-electron chi connectivity index (χ4n) is 6.17. The summed E-state index contributed by atoms with van der Waals surface area (Å²) in [6.07, 6.45) is 6.94. The van der Waals surface area contributed by atoms with Crippen molar-refractivity contribution in [3.8, 4) is 0 Å². The average molecular weight is 535 g/mol. The number of nitrogens with one attached hydrogen (secondary N) is 1. The Bertz CT molecular complexity index is 1310. The lowest BCUT2D eigenvalue weighted by atomic mass is 9.85. The second kappa shape index (κ2) is 10.0. The molecular weight excluding hydrogens is 496 g/mol. The Morgan fingerprint density at radius 1 is 1.08 bits per heavy atom. The van der Waals surface area contributed by atoms with Gasteiger partial charge in [-0.15, -0.1) is 5.10 Å². The number of benzene rings is 1. The van der Waals surface area contributed by atoms with Crippen molar-refractivity contribution in [2.45, 2.75) is 102 Å². The van der Waals surface area contributed by atoms with Gasteiger partial charge in [-0.05, 0) is 56.1 Å². The SMILES string of the molecule is CC(C)(C)C(C(=O)N1CC(O)CC1C(=O)NC1CCC(c2nc3ccccc3o2)CC1)n1cc(C2CC2)nn1. The summed E-state index contributed by atoms with van der Waals surface area (Å²) in [6, 6.07) is 6.47. The predicted molar refractivity (Wildman–Crippen MR) is 144 cm³/mol. The number of aliphatic hydroxyl groups is 1. The monoisotopic (exact) mass is 534 g/mol. The van der Waals surface area contributed by atoms with Gasteiger partial charge < -0.3 is 19.7 Å². The van der Waals surface area contributed by atoms with Gasteiger partial charge in [-0.1, -0.05) is 38.1 Å². The minimum absolute atomic E-state index is 0.0163. The average Bonchev–Trinajstić information content (AvgIpc) is 3.29. The number of rotatable bonds is 6. The van der Waals surface area contributed by atoms with Gasteiger partial charge in [-0.2, -0.15) is 0 Å². The number of carbonyl (C=O) groups is 2. The molecule has 10 heteroatoms. The smallest absolute Gasteiger partial charge is 0.248 e. The molecule has 3 atom stereocenters. The Morgan fingerprint density at radius 3 is 2.49 bits per heavy atom. The molecule has 6 rings (SSSR count). The highest BCUT2D eigenvalue weighted by molar-refractivity contribution is 5.90. The van der Waals surface area contributed by atoms with Gasteiger partial charge in [0.25, 0.3) is 0 Å². The molecule has 0 bridgehead atoms. The van der Waals surface area contributed by atoms with Crippen molar-refractivity contribution in [1.82, 2.24) is 30.2 Å². The Balaban J connectivity index is 1.11. The van der Waals surface area contributed by atoms with Crippen LogP contribution in [-0.4, -0.2) is 66.5 Å². The van der Waals surface area contributed by atoms with E-state index in [1.165, 1.54) is 0 Å². The predicted octanol–water partition coefficient (Wildman–Crippen LogP) is 3.69. The van der Waals surface area contributed by atoms with Gasteiger partial charge in [0.15, 0.2) is 11.5 Å². The van der Waals surface area contributed by atoms with Crippen LogP contribution < -0.4 is 5.32 Å². The Kier molecular flexibility index (Phi) is 6.69. The summed E-state index contributed by atoms with van der Waals surface area (Å²) in [5, 5.41) is 22.3. The van der Waals surface area contributed by atoms with Crippen LogP contribution in [0.5, 0.6) is 0 Å². The molecule has 1 aromatic carbocycles. The molecule has 2 aliphatic carbocycles. The van der Waals surface area contributed by atoms with Gasteiger partial charge in [-0.3, -0.25) is 9.59 Å². The molecule has 2 amide bonds. The lowest BCUT2D eigenvalue weighted by Gasteiger charge is -2.35. The molecule has 3 aliphatic rings. The van der Waals surface area contributed by atoms with Gasteiger partial charge in [-0.25, -0.2) is 9.67 Å². The minimum Gasteiger partial charge on any atom is -0.440 e. The third-order valence-electron chi connectivity index (χ3n) is 8.44. The van der Waals surface area contributed by atoms with E-state index in [2.05, 4.69) is 20.6 Å². The molecule has 3 fully saturated rings. The number of oxazole rings is 1. The molecule has 208 valence electrons. The molecule has 3 aromatic rings. The summed E-state index contributed by atoms with van der Waals surface area (Å²) in [5.41, 5.74) is 2.14. The number of fused-ring (bicyclic) bond motifs is 1. The van der Waals surface area contributed by atoms with Crippen LogP contribution in [0.25, 0.3) is 11.1 Å². The van der Waals surface area contributed by atoms with E-state index < -0.39 is 23.6 Å². The zero-order valence-electron chi connectivity index (χ0n) is 22.9. The van der Waals surface area contributed by atoms with Crippen molar-refractivity contribution in [1.29, 1.82) is 0 Å². The van der Waals surface area contributed by atoms with Crippen molar-refractivity contribution in [2.75, 3.05) is 6.54 Å². The highest BCUT2D eigenvalue weighted by Gasteiger charge is 2.46. The molecular formula is C29H38N6O4. The third-order valence-corrected chi connectivity index (χ3v) is 8.44. The number of β-amino-alcohol motifs (C(OH)–C–C–N with tert-alkyl or cyclic N) is 1. The van der Waals surface area contributed by atoms with Crippen molar-refractivity contribution in [3.63, 3.8) is 0 Å². The van der Waals surface area contributed by atoms with Gasteiger partial charge >= 0.3 is 0 Å². The molecule has 2 saturated carbocycles. The molecule has 3 unspecified atom stereocenters. The minimum atomic E-state index is -0.738. The van der Waals surface area contributed by atoms with Crippen molar-refractivity contribution >= 4 is 22.9 Å². The number of amides is 2. The highest BCUT2D eigenvalue weighted by Crippen LogP contribution is 2.40. The number of nitrogens with zero attached hydrogens (tertiary/aromatic N) is 5. The first-order valence-corrected chi connectivity index (χ1v) is 14.2. The van der Waals surface area contributed by atoms with E-state index >= 15 is 0 Å². The standard InChI is InChI=1S/C29H38N6O4/c1-29(2,3)25(35-16-22(32-33-35)17-8-9-17)28(38)34-15-20(36)14-23(34)26(37)30-19-12-10-18(11-13-19)27-31-21-6-4-5-7-24(21)39-27/h4-7,16-20,23,25,36H,8-15H2,1-3H3,(H,30,37). The second-order valence-corrected chi connectivity index (χ2v) is 12.6. The first-order chi connectivity index (χ1) is 18.7. The molecule has 3 heterocycles. The van der Waals surface area contributed by atoms with Crippen LogP contribution in [0.15, 0.2) is 34.9 Å². The van der Waals surface area contributed by atoms with Gasteiger partial charge in [0.05, 0.1) is 11.8 Å². The topological polar surface area (TPSA) is 126 Å². The third kappa shape index (κ3) is 5.31. The lowest BCUT2D eigenvalue weighted by molar-refractivity contribution is -0.144. The largest absolute Gasteiger partial charge is 0.440 e. The van der Waals surface area contributed by atoms with E-state index in [0.29, 0.717) is 5.92 Å². The first kappa shape index (κ1) is 26.0. The number of carbonyl (C=O) groups excluding carboxylic acids is 2. The Morgan fingerprint density at radius 2 is 1.79 bits per heavy atom. The molecule has 2 aromatic heterocycles. The van der Waals surface area contributed by atoms with Crippen LogP contribution in [0.1, 0.15) is 95.2 Å². The first-order valence-electron chi connectivity index (χ1n) is 14.2. The number of hydrogen-bond donors (Lipinski definition) is 2. The van der Waals surface area contributed by atoms with E-state index in [1.807, 2.05) is 51.2 Å². The maximum atomic E-state index is 13.9. The van der Waals surface area contributed by atoms with E-state index in [4.69, 9.17) is 4.42 Å². The zero-order valence-corrected chi connectivity index (χ0v) is 22.9. The van der Waals surface area contributed by atoms with Crippen LogP contribution in [0.4, 0.5) is 0 Å². The molecule has 39 heavy (non-hydrogen) atoms. The van der Waals surface area contributed by atoms with Crippen LogP contribution >= 0.6 is 0 Å². The zero-order chi connectivity index (χ0) is 27.3. The van der Waals surface area contributed by atoms with Crippen molar-refractivity contribution in [3.05, 3.63) is 42.0 Å². The second-order valence-electron chi connectivity index (χ2n) is 12.6. The summed E-state index contributed by atoms with van der Waals surface area (Å²) in [5.74, 6) is 1.02. The van der Waals surface area contributed by atoms with Crippen molar-refractivity contribution < 1.29 is 19.1 Å². The molecule has 1 saturated heterocycles. The summed E-state index contributed by atoms with van der Waals surface area (Å²) >= 11 is 0. The maximum absolute atomic E-state index is 13.9. The van der Waals surface area contributed by atoms with Crippen LogP contribution in [-0.2, 0) is 9.59 Å². The fraction of sp³-hybridized carbons (Fsp3) is 0.621. The highest BCUT2D eigenvalue weighted by atomic mass is 16.3. The number of hydrogen-bond acceptors (Lipinski definition) is 7. The number of aliphatic hydroxyl groups excluding tert-OH is 1. The maximum Gasteiger partial charge on any atom is 0.248 e. The van der Waals surface area contributed by atoms with Gasteiger partial charge in [0, 0.05) is 37.0 Å². The van der Waals surface area contributed by atoms with Crippen LogP contribution in [0.2, 0.25) is 0 Å². The molecule has 0 radical (unpaired) electrons. The Labute approximate surface area is 228 Å². The van der Waals surface area contributed by atoms with E-state index in [1.54, 1.807) is 9.58 Å². The van der Waals surface area contributed by atoms with Gasteiger partial charge in [0.2, 0.25) is 11.8 Å². The summed E-state index contributed by atoms with van der Waals surface area (Å²) in [6.45, 7) is 6.11. The molecule has 10 nitrogen and oxygen atoms in total. The number of likely N-dealkylation sites (tertiary alicyclic amines) is 1. The Hall–Kier alpha value is -3.27. The van der Waals surface area contributed by atoms with Crippen molar-refractivity contribution in [2.24, 2.45) is 5.41 Å². The van der Waals surface area contributed by atoms with Crippen LogP contribution in [0, 0.1) is 5.41 Å². The van der Waals surface area contributed by atoms with Gasteiger partial charge in [0.1, 0.15) is 17.6 Å². The lowest BCUT2D eigenvalue weighted by Crippen LogP contribution is -2.52. The molecule has 0 spiro atoms. The number of para-hydroxylation sites is 2. The number of aromatic nitrogens is 4. The van der Waals surface area contributed by atoms with Crippen LogP contribution in [0.3, 0.4) is 0 Å². The van der Waals surface area contributed by atoms with E-state index in [0.717, 1.165) is 61.2 Å². The molecule has 1 aliphatic heterocycles. The molecule has 2 N–H and O–H groups in total. The summed E-state index contributed by atoms with van der Waals surface area (Å²) < 4.78 is 7.64. The fourth-order valence-corrected chi connectivity index (χ4v) is 6.17. The summed E-state index contributed by atoms with van der Waals surface area (Å²) in [7, 11) is 0. The summed E-state index contributed by atoms with van der Waals surface area (Å²) in [4.78, 5) is 33.6. The quantitative estimate of drug-likeness (QED) is 0.494. The van der Waals surface area contributed by atoms with E-state index in [-0.39, 0.29) is 36.7 Å². The van der Waals surface area contributed by atoms with E-state index in [9.17, 15) is 14.7 Å².